The molecule has 2 aromatic rings. The normalized spacial score (nSPS) is 16.0. The van der Waals surface area contributed by atoms with Gasteiger partial charge < -0.3 is 9.80 Å². The molecule has 9 heteroatoms. The molecule has 1 amide bonds. The Morgan fingerprint density at radius 3 is 2.52 bits per heavy atom. The van der Waals surface area contributed by atoms with Crippen molar-refractivity contribution in [2.45, 2.75) is 12.6 Å². The standard InChI is InChI=1S/C16H15BrF3N3OS/c17-13-4-3-12(25-13)15(24)23-7-1-6-22(8-9-23)14-5-2-11(10-21-14)16(18,19)20/h2-5,10H,1,6-9H2. The maximum atomic E-state index is 12.6. The summed E-state index contributed by atoms with van der Waals surface area (Å²) < 4.78 is 38.8. The van der Waals surface area contributed by atoms with Crippen molar-refractivity contribution >= 4 is 39.0 Å². The number of hydrogen-bond acceptors (Lipinski definition) is 4. The molecule has 25 heavy (non-hydrogen) atoms. The van der Waals surface area contributed by atoms with Gasteiger partial charge in [-0.05, 0) is 46.6 Å². The van der Waals surface area contributed by atoms with Crippen LogP contribution in [-0.4, -0.2) is 42.0 Å². The Kier molecular flexibility index (Phi) is 5.33. The summed E-state index contributed by atoms with van der Waals surface area (Å²) in [7, 11) is 0. The van der Waals surface area contributed by atoms with Crippen molar-refractivity contribution in [1.29, 1.82) is 0 Å². The number of thiophene rings is 1. The number of pyridine rings is 1. The van der Waals surface area contributed by atoms with E-state index >= 15 is 0 Å². The molecule has 3 heterocycles. The Labute approximate surface area is 155 Å². The summed E-state index contributed by atoms with van der Waals surface area (Å²) in [5.41, 5.74) is -0.758. The van der Waals surface area contributed by atoms with E-state index < -0.39 is 11.7 Å². The van der Waals surface area contributed by atoms with Crippen LogP contribution in [0.5, 0.6) is 0 Å². The van der Waals surface area contributed by atoms with Crippen LogP contribution in [0.2, 0.25) is 0 Å². The first kappa shape index (κ1) is 18.2. The van der Waals surface area contributed by atoms with Crippen molar-refractivity contribution in [2.24, 2.45) is 0 Å². The van der Waals surface area contributed by atoms with Crippen LogP contribution < -0.4 is 4.90 Å². The number of amides is 1. The molecule has 1 aliphatic heterocycles. The summed E-state index contributed by atoms with van der Waals surface area (Å²) in [5, 5.41) is 0. The third-order valence-corrected chi connectivity index (χ3v) is 5.58. The van der Waals surface area contributed by atoms with Crippen molar-refractivity contribution < 1.29 is 18.0 Å². The number of anilines is 1. The fraction of sp³-hybridized carbons (Fsp3) is 0.375. The van der Waals surface area contributed by atoms with Gasteiger partial charge in [0.25, 0.3) is 5.91 Å². The number of nitrogens with zero attached hydrogens (tertiary/aromatic N) is 3. The van der Waals surface area contributed by atoms with Crippen LogP contribution >= 0.6 is 27.3 Å². The zero-order chi connectivity index (χ0) is 18.0. The zero-order valence-electron chi connectivity index (χ0n) is 13.1. The predicted molar refractivity (Wildman–Crippen MR) is 94.0 cm³/mol. The van der Waals surface area contributed by atoms with Gasteiger partial charge in [-0.1, -0.05) is 0 Å². The summed E-state index contributed by atoms with van der Waals surface area (Å²) in [6.45, 7) is 2.31. The van der Waals surface area contributed by atoms with Crippen LogP contribution in [-0.2, 0) is 6.18 Å². The summed E-state index contributed by atoms with van der Waals surface area (Å²) in [5.74, 6) is 0.485. The molecule has 0 bridgehead atoms. The Balaban J connectivity index is 1.66. The summed E-state index contributed by atoms with van der Waals surface area (Å²) in [6, 6.07) is 6.06. The molecule has 1 saturated heterocycles. The predicted octanol–water partition coefficient (Wildman–Crippen LogP) is 4.28. The number of carbonyl (C=O) groups is 1. The van der Waals surface area contributed by atoms with Gasteiger partial charge in [-0.25, -0.2) is 4.98 Å². The lowest BCUT2D eigenvalue weighted by atomic mass is 10.2. The van der Waals surface area contributed by atoms with E-state index in [4.69, 9.17) is 0 Å². The lowest BCUT2D eigenvalue weighted by molar-refractivity contribution is -0.137. The molecule has 134 valence electrons. The van der Waals surface area contributed by atoms with Gasteiger partial charge in [0, 0.05) is 32.4 Å². The highest BCUT2D eigenvalue weighted by Crippen LogP contribution is 2.29. The average molecular weight is 434 g/mol. The van der Waals surface area contributed by atoms with Gasteiger partial charge in [0.2, 0.25) is 0 Å². The van der Waals surface area contributed by atoms with Crippen molar-refractivity contribution in [3.63, 3.8) is 0 Å². The van der Waals surface area contributed by atoms with Crippen molar-refractivity contribution in [3.05, 3.63) is 44.7 Å². The molecular weight excluding hydrogens is 419 g/mol. The maximum absolute atomic E-state index is 12.6. The third-order valence-electron chi connectivity index (χ3n) is 3.97. The molecule has 3 rings (SSSR count). The van der Waals surface area contributed by atoms with E-state index in [1.54, 1.807) is 11.0 Å². The largest absolute Gasteiger partial charge is 0.417 e. The van der Waals surface area contributed by atoms with Crippen LogP contribution in [0.1, 0.15) is 21.7 Å². The van der Waals surface area contributed by atoms with E-state index in [2.05, 4.69) is 20.9 Å². The van der Waals surface area contributed by atoms with Crippen molar-refractivity contribution in [2.75, 3.05) is 31.1 Å². The molecule has 0 radical (unpaired) electrons. The first-order valence-electron chi connectivity index (χ1n) is 7.67. The van der Waals surface area contributed by atoms with Gasteiger partial charge in [0.1, 0.15) is 5.82 Å². The molecule has 0 N–H and O–H groups in total. The summed E-state index contributed by atoms with van der Waals surface area (Å²) in [6.07, 6.45) is -2.80. The number of carbonyl (C=O) groups excluding carboxylic acids is 1. The molecule has 0 saturated carbocycles. The Morgan fingerprint density at radius 2 is 1.92 bits per heavy atom. The minimum absolute atomic E-state index is 0.0158. The van der Waals surface area contributed by atoms with Gasteiger partial charge in [-0.15, -0.1) is 11.3 Å². The first-order chi connectivity index (χ1) is 11.8. The molecule has 1 fully saturated rings. The third kappa shape index (κ3) is 4.33. The molecule has 4 nitrogen and oxygen atoms in total. The van der Waals surface area contributed by atoms with Crippen LogP contribution in [0.15, 0.2) is 34.2 Å². The smallest absolute Gasteiger partial charge is 0.355 e. The molecule has 0 aliphatic carbocycles. The van der Waals surface area contributed by atoms with Gasteiger partial charge in [-0.2, -0.15) is 13.2 Å². The minimum atomic E-state index is -4.39. The van der Waals surface area contributed by atoms with E-state index in [-0.39, 0.29) is 5.91 Å². The van der Waals surface area contributed by atoms with Gasteiger partial charge in [0.05, 0.1) is 14.2 Å². The second-order valence-corrected chi connectivity index (χ2v) is 8.10. The number of rotatable bonds is 2. The topological polar surface area (TPSA) is 36.4 Å². The van der Waals surface area contributed by atoms with Crippen LogP contribution in [0.3, 0.4) is 0 Å². The van der Waals surface area contributed by atoms with Crippen LogP contribution in [0, 0.1) is 0 Å². The molecule has 0 spiro atoms. The van der Waals surface area contributed by atoms with E-state index in [1.807, 2.05) is 11.0 Å². The average Bonchev–Trinajstić information content (AvgIpc) is 2.86. The highest BCUT2D eigenvalue weighted by atomic mass is 79.9. The first-order valence-corrected chi connectivity index (χ1v) is 9.28. The molecule has 1 aliphatic rings. The van der Waals surface area contributed by atoms with Gasteiger partial charge in [-0.3, -0.25) is 4.79 Å². The maximum Gasteiger partial charge on any atom is 0.417 e. The Hall–Kier alpha value is -1.61. The van der Waals surface area contributed by atoms with E-state index in [0.29, 0.717) is 36.9 Å². The molecule has 0 atom stereocenters. The van der Waals surface area contributed by atoms with E-state index in [0.717, 1.165) is 22.5 Å². The van der Waals surface area contributed by atoms with E-state index in [1.165, 1.54) is 17.4 Å². The lowest BCUT2D eigenvalue weighted by Crippen LogP contribution is -2.35. The fourth-order valence-corrected chi connectivity index (χ4v) is 4.03. The number of hydrogen-bond donors (Lipinski definition) is 0. The summed E-state index contributed by atoms with van der Waals surface area (Å²) in [4.78, 5) is 20.8. The quantitative estimate of drug-likeness (QED) is 0.709. The van der Waals surface area contributed by atoms with Crippen LogP contribution in [0.25, 0.3) is 0 Å². The van der Waals surface area contributed by atoms with Crippen molar-refractivity contribution in [1.82, 2.24) is 9.88 Å². The molecular formula is C16H15BrF3N3OS. The molecule has 0 aromatic carbocycles. The Morgan fingerprint density at radius 1 is 1.12 bits per heavy atom. The van der Waals surface area contributed by atoms with E-state index in [9.17, 15) is 18.0 Å². The summed E-state index contributed by atoms with van der Waals surface area (Å²) >= 11 is 4.74. The second-order valence-electron chi connectivity index (χ2n) is 5.64. The van der Waals surface area contributed by atoms with Gasteiger partial charge in [0.15, 0.2) is 0 Å². The highest BCUT2D eigenvalue weighted by molar-refractivity contribution is 9.11. The zero-order valence-corrected chi connectivity index (χ0v) is 15.5. The van der Waals surface area contributed by atoms with Crippen LogP contribution in [0.4, 0.5) is 19.0 Å². The monoisotopic (exact) mass is 433 g/mol. The highest BCUT2D eigenvalue weighted by Gasteiger charge is 2.31. The SMILES string of the molecule is O=C(c1ccc(Br)s1)N1CCCN(c2ccc(C(F)(F)F)cn2)CC1. The molecule has 2 aromatic heterocycles. The number of halogens is 4. The van der Waals surface area contributed by atoms with Crippen molar-refractivity contribution in [3.8, 4) is 0 Å². The lowest BCUT2D eigenvalue weighted by Gasteiger charge is -2.23. The second kappa shape index (κ2) is 7.33. The van der Waals surface area contributed by atoms with Gasteiger partial charge >= 0.3 is 6.18 Å². The minimum Gasteiger partial charge on any atom is -0.355 e. The fourth-order valence-electron chi connectivity index (χ4n) is 2.68. The molecule has 0 unspecified atom stereocenters. The Bertz CT molecular complexity index is 748. The number of alkyl halides is 3. The number of aromatic nitrogens is 1.